The Morgan fingerprint density at radius 3 is 1.82 bits per heavy atom. The van der Waals surface area contributed by atoms with Crippen molar-refractivity contribution in [2.24, 2.45) is 0 Å². The summed E-state index contributed by atoms with van der Waals surface area (Å²) in [4.78, 5) is 15.0. The van der Waals surface area contributed by atoms with E-state index in [1.807, 2.05) is 38.0 Å². The second kappa shape index (κ2) is 5.80. The van der Waals surface area contributed by atoms with Crippen molar-refractivity contribution in [1.82, 2.24) is 9.80 Å². The largest absolute Gasteiger partial charge is 0.479 e. The highest BCUT2D eigenvalue weighted by Crippen LogP contribution is 2.12. The van der Waals surface area contributed by atoms with Gasteiger partial charge in [-0.1, -0.05) is 0 Å². The van der Waals surface area contributed by atoms with Gasteiger partial charge in [0.1, 0.15) is 0 Å². The van der Waals surface area contributed by atoms with Crippen LogP contribution in [0.5, 0.6) is 0 Å². The fraction of sp³-hybridized carbons (Fsp3) is 0.462. The third-order valence-corrected chi connectivity index (χ3v) is 2.20. The quantitative estimate of drug-likeness (QED) is 0.781. The second-order valence-corrected chi connectivity index (χ2v) is 4.70. The molecule has 4 nitrogen and oxygen atoms in total. The zero-order valence-corrected chi connectivity index (χ0v) is 10.8. The molecule has 17 heavy (non-hydrogen) atoms. The topological polar surface area (TPSA) is 43.8 Å². The van der Waals surface area contributed by atoms with Gasteiger partial charge in [-0.15, -0.1) is 11.1 Å². The maximum Gasteiger partial charge on any atom is 0.311 e. The maximum atomic E-state index is 11.0. The Balaban J connectivity index is 3.04. The molecule has 1 aromatic rings. The predicted molar refractivity (Wildman–Crippen MR) is 67.0 cm³/mol. The molecule has 0 aliphatic heterocycles. The summed E-state index contributed by atoms with van der Waals surface area (Å²) in [7, 11) is 7.81. The zero-order valence-electron chi connectivity index (χ0n) is 10.8. The van der Waals surface area contributed by atoms with Gasteiger partial charge < -0.3 is 14.9 Å². The van der Waals surface area contributed by atoms with Gasteiger partial charge in [-0.2, -0.15) is 18.2 Å². The number of aromatic carboxylic acids is 1. The second-order valence-electron chi connectivity index (χ2n) is 4.70. The number of benzene rings is 1. The van der Waals surface area contributed by atoms with Crippen molar-refractivity contribution in [3.63, 3.8) is 0 Å². The molecule has 1 rings (SSSR count). The lowest BCUT2D eigenvalue weighted by Crippen LogP contribution is -2.15. The van der Waals surface area contributed by atoms with Gasteiger partial charge in [-0.3, -0.25) is 0 Å². The van der Waals surface area contributed by atoms with E-state index in [1.54, 1.807) is 12.1 Å². The van der Waals surface area contributed by atoms with E-state index in [1.165, 1.54) is 0 Å². The van der Waals surface area contributed by atoms with Crippen LogP contribution in [0, 0.1) is 6.07 Å². The van der Waals surface area contributed by atoms with E-state index in [2.05, 4.69) is 6.07 Å². The zero-order chi connectivity index (χ0) is 13.0. The Bertz CT molecular complexity index is 372. The minimum absolute atomic E-state index is 0.331. The van der Waals surface area contributed by atoms with E-state index in [4.69, 9.17) is 5.11 Å². The van der Waals surface area contributed by atoms with Gasteiger partial charge in [0.2, 0.25) is 0 Å². The Hall–Kier alpha value is -1.39. The lowest BCUT2D eigenvalue weighted by molar-refractivity contribution is 0.0696. The molecular formula is C13H19N2O2-. The normalized spacial score (nSPS) is 11.2. The van der Waals surface area contributed by atoms with Crippen LogP contribution in [0.3, 0.4) is 0 Å². The van der Waals surface area contributed by atoms with E-state index in [9.17, 15) is 4.79 Å². The summed E-state index contributed by atoms with van der Waals surface area (Å²) in [5.41, 5.74) is 2.15. The molecule has 0 saturated heterocycles. The molecule has 0 spiro atoms. The van der Waals surface area contributed by atoms with Crippen LogP contribution in [-0.4, -0.2) is 49.1 Å². The summed E-state index contributed by atoms with van der Waals surface area (Å²) >= 11 is 0. The maximum absolute atomic E-state index is 11.0. The van der Waals surface area contributed by atoms with Gasteiger partial charge in [0, 0.05) is 13.1 Å². The molecule has 0 saturated carbocycles. The van der Waals surface area contributed by atoms with E-state index in [0.717, 1.165) is 11.1 Å². The third kappa shape index (κ3) is 4.54. The van der Waals surface area contributed by atoms with E-state index >= 15 is 0 Å². The molecule has 0 aromatic heterocycles. The van der Waals surface area contributed by atoms with Crippen LogP contribution in [-0.2, 0) is 13.1 Å². The van der Waals surface area contributed by atoms with Crippen LogP contribution in [0.4, 0.5) is 0 Å². The minimum atomic E-state index is -0.890. The first-order chi connectivity index (χ1) is 7.88. The van der Waals surface area contributed by atoms with Crippen molar-refractivity contribution < 1.29 is 9.90 Å². The van der Waals surface area contributed by atoms with Crippen molar-refractivity contribution in [2.75, 3.05) is 28.2 Å². The van der Waals surface area contributed by atoms with E-state index in [0.29, 0.717) is 18.7 Å². The number of carboxylic acid groups (broad SMARTS) is 1. The van der Waals surface area contributed by atoms with Crippen LogP contribution in [0.1, 0.15) is 21.5 Å². The summed E-state index contributed by atoms with van der Waals surface area (Å²) < 4.78 is 0. The summed E-state index contributed by atoms with van der Waals surface area (Å²) in [5.74, 6) is -0.890. The molecule has 94 valence electrons. The highest BCUT2D eigenvalue weighted by atomic mass is 16.4. The van der Waals surface area contributed by atoms with Crippen LogP contribution in [0.2, 0.25) is 0 Å². The SMILES string of the molecule is CN(C)Cc1[c-]c(CN(C)C)cc(C(=O)O)c1. The van der Waals surface area contributed by atoms with Crippen molar-refractivity contribution in [1.29, 1.82) is 0 Å². The number of rotatable bonds is 5. The Labute approximate surface area is 102 Å². The lowest BCUT2D eigenvalue weighted by Gasteiger charge is -2.20. The highest BCUT2D eigenvalue weighted by molar-refractivity contribution is 5.88. The van der Waals surface area contributed by atoms with Crippen LogP contribution in [0.15, 0.2) is 12.1 Å². The highest BCUT2D eigenvalue weighted by Gasteiger charge is 2.01. The number of hydrogen-bond donors (Lipinski definition) is 1. The molecule has 0 radical (unpaired) electrons. The Morgan fingerprint density at radius 2 is 1.53 bits per heavy atom. The van der Waals surface area contributed by atoms with Crippen LogP contribution < -0.4 is 0 Å². The van der Waals surface area contributed by atoms with Gasteiger partial charge in [0.05, 0.1) is 0 Å². The number of nitrogens with zero attached hydrogens (tertiary/aromatic N) is 2. The monoisotopic (exact) mass is 235 g/mol. The average Bonchev–Trinajstić information content (AvgIpc) is 2.14. The smallest absolute Gasteiger partial charge is 0.311 e. The molecule has 0 unspecified atom stereocenters. The molecule has 0 amide bonds. The van der Waals surface area contributed by atoms with Crippen LogP contribution >= 0.6 is 0 Å². The number of carbonyl (C=O) groups is 1. The number of hydrogen-bond acceptors (Lipinski definition) is 3. The minimum Gasteiger partial charge on any atom is -0.479 e. The molecule has 4 heteroatoms. The summed E-state index contributed by atoms with van der Waals surface area (Å²) in [6.45, 7) is 1.39. The average molecular weight is 235 g/mol. The molecular weight excluding hydrogens is 216 g/mol. The molecule has 1 aromatic carbocycles. The first-order valence-corrected chi connectivity index (χ1v) is 5.46. The first kappa shape index (κ1) is 13.7. The van der Waals surface area contributed by atoms with E-state index in [-0.39, 0.29) is 0 Å². The van der Waals surface area contributed by atoms with E-state index < -0.39 is 5.97 Å². The van der Waals surface area contributed by atoms with Gasteiger partial charge in [0.15, 0.2) is 0 Å². The fourth-order valence-corrected chi connectivity index (χ4v) is 1.67. The summed E-state index contributed by atoms with van der Waals surface area (Å²) in [6.07, 6.45) is 0. The standard InChI is InChI=1S/C13H19N2O2/c1-14(2)8-10-5-11(9-15(3)4)7-12(6-10)13(16)17/h6-7H,8-9H2,1-4H3,(H,16,17)/q-1. The predicted octanol–water partition coefficient (Wildman–Crippen LogP) is 1.31. The van der Waals surface area contributed by atoms with Gasteiger partial charge >= 0.3 is 5.97 Å². The van der Waals surface area contributed by atoms with Gasteiger partial charge in [-0.05, 0) is 33.8 Å². The molecule has 0 heterocycles. The molecule has 0 bridgehead atoms. The van der Waals surface area contributed by atoms with Gasteiger partial charge in [-0.25, -0.2) is 4.79 Å². The third-order valence-electron chi connectivity index (χ3n) is 2.20. The fourth-order valence-electron chi connectivity index (χ4n) is 1.67. The van der Waals surface area contributed by atoms with Crippen LogP contribution in [0.25, 0.3) is 0 Å². The Kier molecular flexibility index (Phi) is 4.66. The molecule has 0 aliphatic rings. The molecule has 0 atom stereocenters. The lowest BCUT2D eigenvalue weighted by atomic mass is 10.0. The van der Waals surface area contributed by atoms with Crippen molar-refractivity contribution in [3.8, 4) is 0 Å². The van der Waals surface area contributed by atoms with Gasteiger partial charge in [0.25, 0.3) is 0 Å². The summed E-state index contributed by atoms with van der Waals surface area (Å²) in [6, 6.07) is 6.62. The Morgan fingerprint density at radius 1 is 1.12 bits per heavy atom. The molecule has 0 aliphatic carbocycles. The van der Waals surface area contributed by atoms with Crippen molar-refractivity contribution >= 4 is 5.97 Å². The molecule has 1 N–H and O–H groups in total. The van der Waals surface area contributed by atoms with Crippen molar-refractivity contribution in [3.05, 3.63) is 34.9 Å². The number of carboxylic acids is 1. The first-order valence-electron chi connectivity index (χ1n) is 5.46. The van der Waals surface area contributed by atoms with Crippen molar-refractivity contribution in [2.45, 2.75) is 13.1 Å². The molecule has 0 fully saturated rings. The summed E-state index contributed by atoms with van der Waals surface area (Å²) in [5, 5.41) is 9.06.